The standard InChI is InChI=1S/C15H12Cl2O3/c16-12-7-4-8-13(14(12)17)20-9-11(15(18)19)10-5-2-1-3-6-10/h1-8,11H,9H2,(H,18,19). The second kappa shape index (κ2) is 6.64. The van der Waals surface area contributed by atoms with Crippen molar-refractivity contribution in [1.29, 1.82) is 0 Å². The van der Waals surface area contributed by atoms with Gasteiger partial charge in [-0.1, -0.05) is 59.6 Å². The number of aliphatic carboxylic acids is 1. The molecule has 0 radical (unpaired) electrons. The number of benzene rings is 2. The Bertz CT molecular complexity index is 599. The zero-order valence-corrected chi connectivity index (χ0v) is 11.9. The monoisotopic (exact) mass is 310 g/mol. The molecule has 5 heteroatoms. The molecule has 0 fully saturated rings. The summed E-state index contributed by atoms with van der Waals surface area (Å²) in [6.07, 6.45) is 0. The molecule has 1 N–H and O–H groups in total. The van der Waals surface area contributed by atoms with E-state index in [9.17, 15) is 9.90 Å². The highest BCUT2D eigenvalue weighted by Crippen LogP contribution is 2.32. The van der Waals surface area contributed by atoms with Crippen molar-refractivity contribution in [3.8, 4) is 5.75 Å². The largest absolute Gasteiger partial charge is 0.491 e. The molecule has 0 spiro atoms. The fraction of sp³-hybridized carbons (Fsp3) is 0.133. The van der Waals surface area contributed by atoms with Crippen LogP contribution < -0.4 is 4.74 Å². The van der Waals surface area contributed by atoms with Gasteiger partial charge in [0.25, 0.3) is 0 Å². The first-order valence-corrected chi connectivity index (χ1v) is 6.69. The zero-order valence-electron chi connectivity index (χ0n) is 10.4. The molecule has 0 aromatic heterocycles. The smallest absolute Gasteiger partial charge is 0.314 e. The maximum atomic E-state index is 11.3. The third kappa shape index (κ3) is 3.44. The first-order chi connectivity index (χ1) is 9.59. The van der Waals surface area contributed by atoms with Crippen LogP contribution in [0.15, 0.2) is 48.5 Å². The van der Waals surface area contributed by atoms with Crippen molar-refractivity contribution in [3.63, 3.8) is 0 Å². The Morgan fingerprint density at radius 1 is 1.10 bits per heavy atom. The lowest BCUT2D eigenvalue weighted by Gasteiger charge is -2.15. The maximum absolute atomic E-state index is 11.3. The minimum Gasteiger partial charge on any atom is -0.491 e. The molecule has 1 atom stereocenters. The molecule has 2 rings (SSSR count). The Balaban J connectivity index is 2.14. The molecule has 0 saturated carbocycles. The second-order valence-corrected chi connectivity index (χ2v) is 4.95. The van der Waals surface area contributed by atoms with E-state index in [0.717, 1.165) is 0 Å². The van der Waals surface area contributed by atoms with Crippen LogP contribution in [0.5, 0.6) is 5.75 Å². The lowest BCUT2D eigenvalue weighted by Crippen LogP contribution is -2.19. The number of carboxylic acid groups (broad SMARTS) is 1. The topological polar surface area (TPSA) is 46.5 Å². The molecule has 2 aromatic carbocycles. The number of hydrogen-bond donors (Lipinski definition) is 1. The molecular weight excluding hydrogens is 299 g/mol. The van der Waals surface area contributed by atoms with Gasteiger partial charge in [0.2, 0.25) is 0 Å². The Hall–Kier alpha value is -1.71. The number of hydrogen-bond acceptors (Lipinski definition) is 2. The maximum Gasteiger partial charge on any atom is 0.314 e. The molecular formula is C15H12Cl2O3. The van der Waals surface area contributed by atoms with E-state index in [4.69, 9.17) is 27.9 Å². The SMILES string of the molecule is O=C(O)C(COc1cccc(Cl)c1Cl)c1ccccc1. The summed E-state index contributed by atoms with van der Waals surface area (Å²) in [6, 6.07) is 13.9. The lowest BCUT2D eigenvalue weighted by molar-refractivity contribution is -0.139. The molecule has 1 unspecified atom stereocenters. The minimum atomic E-state index is -0.950. The third-order valence-electron chi connectivity index (χ3n) is 2.82. The fourth-order valence-electron chi connectivity index (χ4n) is 1.76. The molecule has 0 aliphatic rings. The highest BCUT2D eigenvalue weighted by atomic mass is 35.5. The van der Waals surface area contributed by atoms with E-state index >= 15 is 0 Å². The van der Waals surface area contributed by atoms with Crippen LogP contribution in [0.2, 0.25) is 10.0 Å². The zero-order chi connectivity index (χ0) is 14.5. The predicted octanol–water partition coefficient (Wildman–Crippen LogP) is 4.24. The van der Waals surface area contributed by atoms with E-state index in [0.29, 0.717) is 16.3 Å². The molecule has 20 heavy (non-hydrogen) atoms. The Kier molecular flexibility index (Phi) is 4.88. The first-order valence-electron chi connectivity index (χ1n) is 5.94. The molecule has 0 heterocycles. The number of carboxylic acids is 1. The van der Waals surface area contributed by atoms with Crippen LogP contribution in [0.25, 0.3) is 0 Å². The average Bonchev–Trinajstić information content (AvgIpc) is 2.44. The summed E-state index contributed by atoms with van der Waals surface area (Å²) in [5, 5.41) is 9.94. The predicted molar refractivity (Wildman–Crippen MR) is 78.8 cm³/mol. The fourth-order valence-corrected chi connectivity index (χ4v) is 2.11. The summed E-state index contributed by atoms with van der Waals surface area (Å²) < 4.78 is 5.50. The minimum absolute atomic E-state index is 0.0145. The van der Waals surface area contributed by atoms with Gasteiger partial charge in [-0.2, -0.15) is 0 Å². The molecule has 0 saturated heterocycles. The van der Waals surface area contributed by atoms with Gasteiger partial charge in [0, 0.05) is 0 Å². The van der Waals surface area contributed by atoms with Gasteiger partial charge >= 0.3 is 5.97 Å². The molecule has 0 bridgehead atoms. The molecule has 0 aliphatic heterocycles. The quantitative estimate of drug-likeness (QED) is 0.898. The van der Waals surface area contributed by atoms with Crippen molar-refractivity contribution in [2.45, 2.75) is 5.92 Å². The number of halogens is 2. The van der Waals surface area contributed by atoms with Crippen LogP contribution in [0, 0.1) is 0 Å². The van der Waals surface area contributed by atoms with Crippen molar-refractivity contribution in [2.75, 3.05) is 6.61 Å². The Morgan fingerprint density at radius 2 is 1.80 bits per heavy atom. The lowest BCUT2D eigenvalue weighted by atomic mass is 10.0. The van der Waals surface area contributed by atoms with Gasteiger partial charge in [0.15, 0.2) is 0 Å². The Morgan fingerprint density at radius 3 is 2.45 bits per heavy atom. The van der Waals surface area contributed by atoms with Gasteiger partial charge in [-0.05, 0) is 17.7 Å². The highest BCUT2D eigenvalue weighted by Gasteiger charge is 2.21. The van der Waals surface area contributed by atoms with Crippen LogP contribution in [0.4, 0.5) is 0 Å². The van der Waals surface area contributed by atoms with E-state index in [-0.39, 0.29) is 11.6 Å². The summed E-state index contributed by atoms with van der Waals surface area (Å²) >= 11 is 11.9. The van der Waals surface area contributed by atoms with Gasteiger partial charge in [-0.3, -0.25) is 4.79 Å². The van der Waals surface area contributed by atoms with E-state index in [2.05, 4.69) is 0 Å². The first kappa shape index (κ1) is 14.7. The van der Waals surface area contributed by atoms with Crippen LogP contribution in [0.1, 0.15) is 11.5 Å². The molecule has 0 amide bonds. The van der Waals surface area contributed by atoms with E-state index in [1.165, 1.54) is 0 Å². The summed E-state index contributed by atoms with van der Waals surface area (Å²) in [5.74, 6) is -1.33. The third-order valence-corrected chi connectivity index (χ3v) is 3.62. The van der Waals surface area contributed by atoms with Gasteiger partial charge < -0.3 is 9.84 Å². The van der Waals surface area contributed by atoms with Crippen LogP contribution in [-0.2, 0) is 4.79 Å². The number of carbonyl (C=O) groups is 1. The Labute approximate surface area is 126 Å². The van der Waals surface area contributed by atoms with Gasteiger partial charge in [-0.25, -0.2) is 0 Å². The highest BCUT2D eigenvalue weighted by molar-refractivity contribution is 6.42. The van der Waals surface area contributed by atoms with Crippen molar-refractivity contribution < 1.29 is 14.6 Å². The van der Waals surface area contributed by atoms with E-state index in [1.807, 2.05) is 6.07 Å². The van der Waals surface area contributed by atoms with Gasteiger partial charge in [0.05, 0.1) is 5.02 Å². The van der Waals surface area contributed by atoms with E-state index < -0.39 is 11.9 Å². The van der Waals surface area contributed by atoms with Crippen LogP contribution in [-0.4, -0.2) is 17.7 Å². The van der Waals surface area contributed by atoms with Crippen LogP contribution >= 0.6 is 23.2 Å². The van der Waals surface area contributed by atoms with Crippen molar-refractivity contribution in [3.05, 3.63) is 64.1 Å². The molecule has 0 aliphatic carbocycles. The molecule has 3 nitrogen and oxygen atoms in total. The normalized spacial score (nSPS) is 11.9. The summed E-state index contributed by atoms with van der Waals surface area (Å²) in [6.45, 7) is -0.0145. The van der Waals surface area contributed by atoms with E-state index in [1.54, 1.807) is 42.5 Å². The molecule has 2 aromatic rings. The summed E-state index contributed by atoms with van der Waals surface area (Å²) in [4.78, 5) is 11.3. The molecule has 104 valence electrons. The van der Waals surface area contributed by atoms with Crippen molar-refractivity contribution >= 4 is 29.2 Å². The summed E-state index contributed by atoms with van der Waals surface area (Å²) in [5.41, 5.74) is 0.679. The second-order valence-electron chi connectivity index (χ2n) is 4.16. The summed E-state index contributed by atoms with van der Waals surface area (Å²) in [7, 11) is 0. The average molecular weight is 311 g/mol. The van der Waals surface area contributed by atoms with Crippen molar-refractivity contribution in [2.24, 2.45) is 0 Å². The van der Waals surface area contributed by atoms with Crippen LogP contribution in [0.3, 0.4) is 0 Å². The number of rotatable bonds is 5. The van der Waals surface area contributed by atoms with Crippen molar-refractivity contribution in [1.82, 2.24) is 0 Å². The van der Waals surface area contributed by atoms with Gasteiger partial charge in [-0.15, -0.1) is 0 Å². The van der Waals surface area contributed by atoms with Gasteiger partial charge in [0.1, 0.15) is 23.3 Å². The number of ether oxygens (including phenoxy) is 1.